The Morgan fingerprint density at radius 1 is 1.13 bits per heavy atom. The number of nitrogens with zero attached hydrogens (tertiary/aromatic N) is 10. The number of anilines is 1. The van der Waals surface area contributed by atoms with Crippen LogP contribution < -0.4 is 5.73 Å². The van der Waals surface area contributed by atoms with Gasteiger partial charge in [-0.15, -0.1) is 0 Å². The fraction of sp³-hybridized carbons (Fsp3) is 0.267. The number of carbonyl (C=O) groups excluding carboxylic acids is 1. The molecule has 7 heterocycles. The van der Waals surface area contributed by atoms with Crippen molar-refractivity contribution in [2.24, 2.45) is 7.05 Å². The summed E-state index contributed by atoms with van der Waals surface area (Å²) >= 11 is 0. The maximum Gasteiger partial charge on any atom is 0.295 e. The topological polar surface area (TPSA) is 196 Å². The lowest BCUT2D eigenvalue weighted by atomic mass is 9.74. The number of piperidine rings is 1. The predicted octanol–water partition coefficient (Wildman–Crippen LogP) is 2.69. The molecule has 1 amide bonds. The van der Waals surface area contributed by atoms with Crippen molar-refractivity contribution in [2.75, 3.05) is 12.0 Å². The van der Waals surface area contributed by atoms with Gasteiger partial charge >= 0.3 is 0 Å². The summed E-state index contributed by atoms with van der Waals surface area (Å²) < 4.78 is 29.6. The van der Waals surface area contributed by atoms with Crippen LogP contribution in [-0.2, 0) is 22.3 Å². The highest BCUT2D eigenvalue weighted by Gasteiger charge is 2.48. The largest absolute Gasteiger partial charge is 0.382 e. The maximum atomic E-state index is 13.3. The molecule has 1 aromatic carbocycles. The number of H-pyrrole nitrogens is 1. The highest BCUT2D eigenvalue weighted by molar-refractivity contribution is 7.91. The molecule has 2 atom stereocenters. The van der Waals surface area contributed by atoms with Crippen molar-refractivity contribution in [1.82, 2.24) is 54.4 Å². The second-order valence-corrected chi connectivity index (χ2v) is 14.1. The number of amides is 1. The molecule has 6 aromatic rings. The van der Waals surface area contributed by atoms with Crippen LogP contribution in [0, 0.1) is 0 Å². The summed E-state index contributed by atoms with van der Waals surface area (Å²) in [5.41, 5.74) is 10.3. The van der Waals surface area contributed by atoms with E-state index in [1.54, 1.807) is 28.2 Å². The van der Waals surface area contributed by atoms with Crippen molar-refractivity contribution in [1.29, 1.82) is 0 Å². The Balaban J connectivity index is 1.20. The van der Waals surface area contributed by atoms with Gasteiger partial charge in [-0.1, -0.05) is 13.0 Å². The fourth-order valence-corrected chi connectivity index (χ4v) is 7.93. The molecule has 3 N–H and O–H groups in total. The first-order chi connectivity index (χ1) is 22.0. The molecule has 16 heteroatoms. The smallest absolute Gasteiger partial charge is 0.295 e. The van der Waals surface area contributed by atoms with E-state index in [0.717, 1.165) is 28.4 Å². The van der Waals surface area contributed by atoms with Gasteiger partial charge in [0, 0.05) is 71.1 Å². The van der Waals surface area contributed by atoms with Crippen LogP contribution in [-0.4, -0.2) is 81.1 Å². The number of carbonyl (C=O) groups is 1. The van der Waals surface area contributed by atoms with Gasteiger partial charge in [0.2, 0.25) is 5.82 Å². The molecule has 1 fully saturated rings. The number of benzene rings is 1. The minimum atomic E-state index is -3.83. The fourth-order valence-electron chi connectivity index (χ4n) is 6.82. The molecule has 15 nitrogen and oxygen atoms in total. The number of aryl methyl sites for hydroxylation is 1. The number of allylic oxidation sites excluding steroid dienone is 1. The van der Waals surface area contributed by atoms with E-state index in [2.05, 4.69) is 35.3 Å². The van der Waals surface area contributed by atoms with Crippen LogP contribution in [0.15, 0.2) is 66.0 Å². The zero-order chi connectivity index (χ0) is 32.0. The van der Waals surface area contributed by atoms with E-state index in [4.69, 9.17) is 10.7 Å². The first-order valence-electron chi connectivity index (χ1n) is 14.5. The molecule has 2 bridgehead atoms. The molecular formula is C30H28N12O3S. The van der Waals surface area contributed by atoms with Gasteiger partial charge in [0.05, 0.1) is 17.4 Å². The van der Waals surface area contributed by atoms with Crippen molar-refractivity contribution in [3.63, 3.8) is 0 Å². The molecule has 0 saturated carbocycles. The molecule has 2 aliphatic heterocycles. The SMILES string of the molecule is Cn1cc2cc(-c3ncc(-c4cnn5c(N)c(S(C)(=O)=O)c([C@]6(C)CC7=CCC(C6)N7C(=O)c6ncn[nH]6)nc45)cn3)ccc2n1. The quantitative estimate of drug-likeness (QED) is 0.282. The number of sulfone groups is 1. The van der Waals surface area contributed by atoms with Crippen LogP contribution in [0.3, 0.4) is 0 Å². The number of aromatic nitrogens is 10. The highest BCUT2D eigenvalue weighted by atomic mass is 32.2. The number of rotatable bonds is 5. The van der Waals surface area contributed by atoms with E-state index in [1.807, 2.05) is 44.4 Å². The van der Waals surface area contributed by atoms with Crippen molar-refractivity contribution >= 4 is 38.1 Å². The van der Waals surface area contributed by atoms with Crippen LogP contribution in [0.5, 0.6) is 0 Å². The lowest BCUT2D eigenvalue weighted by Gasteiger charge is -2.43. The van der Waals surface area contributed by atoms with Gasteiger partial charge in [-0.2, -0.15) is 19.8 Å². The van der Waals surface area contributed by atoms with Crippen LogP contribution in [0.2, 0.25) is 0 Å². The van der Waals surface area contributed by atoms with Crippen molar-refractivity contribution in [3.05, 3.63) is 72.6 Å². The number of fused-ring (bicyclic) bond motifs is 4. The monoisotopic (exact) mass is 636 g/mol. The molecular weight excluding hydrogens is 608 g/mol. The van der Waals surface area contributed by atoms with Gasteiger partial charge in [0.25, 0.3) is 5.91 Å². The Kier molecular flexibility index (Phi) is 5.93. The second-order valence-electron chi connectivity index (χ2n) is 12.1. The van der Waals surface area contributed by atoms with E-state index in [0.29, 0.717) is 47.6 Å². The summed E-state index contributed by atoms with van der Waals surface area (Å²) in [6.07, 6.45) is 12.8. The van der Waals surface area contributed by atoms with E-state index in [-0.39, 0.29) is 28.5 Å². The van der Waals surface area contributed by atoms with Gasteiger partial charge in [-0.25, -0.2) is 28.4 Å². The Labute approximate surface area is 262 Å². The average Bonchev–Trinajstić information content (AvgIpc) is 3.81. The molecule has 0 spiro atoms. The second kappa shape index (κ2) is 9.74. The van der Waals surface area contributed by atoms with Gasteiger partial charge < -0.3 is 10.6 Å². The highest BCUT2D eigenvalue weighted by Crippen LogP contribution is 2.49. The molecule has 2 aliphatic rings. The third kappa shape index (κ3) is 4.28. The van der Waals surface area contributed by atoms with Gasteiger partial charge in [0.15, 0.2) is 21.3 Å². The molecule has 46 heavy (non-hydrogen) atoms. The Morgan fingerprint density at radius 3 is 2.65 bits per heavy atom. The van der Waals surface area contributed by atoms with E-state index in [9.17, 15) is 13.2 Å². The number of hydrogen-bond donors (Lipinski definition) is 2. The maximum absolute atomic E-state index is 13.3. The van der Waals surface area contributed by atoms with Crippen LogP contribution >= 0.6 is 0 Å². The number of hydrogen-bond acceptors (Lipinski definition) is 11. The zero-order valence-electron chi connectivity index (χ0n) is 25.1. The Hall–Kier alpha value is -5.51. The van der Waals surface area contributed by atoms with Crippen LogP contribution in [0.25, 0.3) is 39.1 Å². The molecule has 0 radical (unpaired) electrons. The lowest BCUT2D eigenvalue weighted by Crippen LogP contribution is -2.47. The van der Waals surface area contributed by atoms with Crippen molar-refractivity contribution in [2.45, 2.75) is 42.5 Å². The van der Waals surface area contributed by atoms with Crippen molar-refractivity contribution in [3.8, 4) is 22.5 Å². The molecule has 1 unspecified atom stereocenters. The van der Waals surface area contributed by atoms with E-state index >= 15 is 0 Å². The zero-order valence-corrected chi connectivity index (χ0v) is 25.9. The normalized spacial score (nSPS) is 19.7. The number of nitrogens with one attached hydrogen (secondary N) is 1. The summed E-state index contributed by atoms with van der Waals surface area (Å²) in [4.78, 5) is 33.2. The molecule has 1 saturated heterocycles. The third-order valence-corrected chi connectivity index (χ3v) is 9.96. The average molecular weight is 637 g/mol. The predicted molar refractivity (Wildman–Crippen MR) is 167 cm³/mol. The van der Waals surface area contributed by atoms with Crippen molar-refractivity contribution < 1.29 is 13.2 Å². The molecule has 232 valence electrons. The summed E-state index contributed by atoms with van der Waals surface area (Å²) in [5.74, 6) is 0.387. The van der Waals surface area contributed by atoms with Gasteiger partial charge in [-0.05, 0) is 37.5 Å². The minimum Gasteiger partial charge on any atom is -0.382 e. The first kappa shape index (κ1) is 28.0. The Morgan fingerprint density at radius 2 is 1.93 bits per heavy atom. The number of nitrogens with two attached hydrogens (primary N) is 1. The van der Waals surface area contributed by atoms with Gasteiger partial charge in [-0.3, -0.25) is 14.6 Å². The third-order valence-electron chi connectivity index (χ3n) is 8.81. The van der Waals surface area contributed by atoms with E-state index < -0.39 is 15.3 Å². The minimum absolute atomic E-state index is 0.0289. The summed E-state index contributed by atoms with van der Waals surface area (Å²) in [6, 6.07) is 5.63. The molecule has 0 aliphatic carbocycles. The molecule has 8 rings (SSSR count). The number of aromatic amines is 1. The lowest BCUT2D eigenvalue weighted by molar-refractivity contribution is 0.0668. The van der Waals surface area contributed by atoms with E-state index in [1.165, 1.54) is 10.8 Å². The number of nitrogen functional groups attached to an aromatic ring is 1. The summed E-state index contributed by atoms with van der Waals surface area (Å²) in [7, 11) is -1.96. The summed E-state index contributed by atoms with van der Waals surface area (Å²) in [5, 5.41) is 16.3. The first-order valence-corrected chi connectivity index (χ1v) is 16.4. The van der Waals surface area contributed by atoms with Crippen LogP contribution in [0.1, 0.15) is 42.5 Å². The van der Waals surface area contributed by atoms with Crippen LogP contribution in [0.4, 0.5) is 5.82 Å². The Bertz CT molecular complexity index is 2340. The summed E-state index contributed by atoms with van der Waals surface area (Å²) in [6.45, 7) is 1.97. The van der Waals surface area contributed by atoms with Gasteiger partial charge in [0.1, 0.15) is 17.0 Å². The molecule has 5 aromatic heterocycles. The standard InChI is InChI=1S/C30H28N12O3S/c1-30(9-19-5-6-20(10-30)41(19)29(43)27-34-15-35-38-27)24-23(46(3,44)45)25(31)42-28(37-24)21(13-36-42)18-11-32-26(33-12-18)16-4-7-22-17(8-16)14-40(2)39-22/h4-5,7-8,11-15,20H,6,9-10,31H2,1-3H3,(H,34,35,38)/t20?,30-/m1/s1.